The summed E-state index contributed by atoms with van der Waals surface area (Å²) in [6.45, 7) is 14.1. The second-order valence-electron chi connectivity index (χ2n) is 4.49. The maximum Gasteiger partial charge on any atom is 0.454 e. The first-order valence-electron chi connectivity index (χ1n) is 5.20. The summed E-state index contributed by atoms with van der Waals surface area (Å²) in [5.41, 5.74) is -0.321. The van der Waals surface area contributed by atoms with Gasteiger partial charge in [-0.1, -0.05) is 12.2 Å². The minimum atomic E-state index is -0.160. The molecule has 0 atom stereocenters. The Kier molecular flexibility index (Phi) is 4.89. The zero-order chi connectivity index (χ0) is 11.4. The standard InChI is InChI=1S/C7H15BO2.C4H8/c1-6(2)7(3,4)10-8(5)9-6;1-3-4-2/h1-5H3;3-4H,1-2H3/b;4-3-. The van der Waals surface area contributed by atoms with Gasteiger partial charge in [0.1, 0.15) is 0 Å². The smallest absolute Gasteiger partial charge is 0.403 e. The molecular weight excluding hydrogens is 175 g/mol. The summed E-state index contributed by atoms with van der Waals surface area (Å²) >= 11 is 0. The van der Waals surface area contributed by atoms with Crippen LogP contribution in [0, 0.1) is 0 Å². The number of hydrogen-bond donors (Lipinski definition) is 0. The Morgan fingerprint density at radius 1 is 0.857 bits per heavy atom. The summed E-state index contributed by atoms with van der Waals surface area (Å²) in [4.78, 5) is 0. The third-order valence-electron chi connectivity index (χ3n) is 2.70. The van der Waals surface area contributed by atoms with E-state index >= 15 is 0 Å². The number of rotatable bonds is 0. The molecule has 0 saturated carbocycles. The van der Waals surface area contributed by atoms with Gasteiger partial charge in [-0.25, -0.2) is 0 Å². The minimum Gasteiger partial charge on any atom is -0.403 e. The van der Waals surface area contributed by atoms with Crippen molar-refractivity contribution in [3.05, 3.63) is 12.2 Å². The summed E-state index contributed by atoms with van der Waals surface area (Å²) < 4.78 is 11.1. The van der Waals surface area contributed by atoms with Crippen LogP contribution in [0.1, 0.15) is 41.5 Å². The predicted octanol–water partition coefficient (Wildman–Crippen LogP) is 3.29. The van der Waals surface area contributed by atoms with Gasteiger partial charge in [-0.3, -0.25) is 0 Å². The molecule has 0 unspecified atom stereocenters. The lowest BCUT2D eigenvalue weighted by Crippen LogP contribution is -2.41. The van der Waals surface area contributed by atoms with Crippen LogP contribution in [-0.4, -0.2) is 18.3 Å². The number of allylic oxidation sites excluding steroid dienone is 2. The van der Waals surface area contributed by atoms with Gasteiger partial charge in [-0.05, 0) is 48.4 Å². The van der Waals surface area contributed by atoms with Crippen LogP contribution in [0.5, 0.6) is 0 Å². The highest BCUT2D eigenvalue weighted by molar-refractivity contribution is 6.43. The third kappa shape index (κ3) is 3.47. The summed E-state index contributed by atoms with van der Waals surface area (Å²) in [5, 5.41) is 0. The van der Waals surface area contributed by atoms with Gasteiger partial charge < -0.3 is 9.31 Å². The van der Waals surface area contributed by atoms with E-state index in [2.05, 4.69) is 27.7 Å². The van der Waals surface area contributed by atoms with Crippen molar-refractivity contribution in [1.29, 1.82) is 0 Å². The van der Waals surface area contributed by atoms with Gasteiger partial charge in [0.15, 0.2) is 0 Å². The van der Waals surface area contributed by atoms with E-state index in [9.17, 15) is 0 Å². The molecule has 0 amide bonds. The van der Waals surface area contributed by atoms with Crippen LogP contribution >= 0.6 is 0 Å². The molecule has 3 heteroatoms. The molecule has 82 valence electrons. The fourth-order valence-corrected chi connectivity index (χ4v) is 1.14. The van der Waals surface area contributed by atoms with Crippen molar-refractivity contribution < 1.29 is 9.31 Å². The van der Waals surface area contributed by atoms with Gasteiger partial charge >= 0.3 is 7.12 Å². The molecule has 1 fully saturated rings. The van der Waals surface area contributed by atoms with Gasteiger partial charge in [0.25, 0.3) is 0 Å². The van der Waals surface area contributed by atoms with Crippen LogP contribution in [-0.2, 0) is 9.31 Å². The molecular formula is C11H23BO2. The highest BCUT2D eigenvalue weighted by Crippen LogP contribution is 2.36. The molecule has 0 spiro atoms. The largest absolute Gasteiger partial charge is 0.454 e. The fraction of sp³-hybridized carbons (Fsp3) is 0.818. The van der Waals surface area contributed by atoms with E-state index in [0.29, 0.717) is 0 Å². The van der Waals surface area contributed by atoms with Gasteiger partial charge in [0, 0.05) is 0 Å². The molecule has 0 aromatic rings. The second-order valence-corrected chi connectivity index (χ2v) is 4.49. The molecule has 0 radical (unpaired) electrons. The van der Waals surface area contributed by atoms with E-state index < -0.39 is 0 Å². The zero-order valence-corrected chi connectivity index (χ0v) is 10.5. The molecule has 2 nitrogen and oxygen atoms in total. The summed E-state index contributed by atoms with van der Waals surface area (Å²) in [6, 6.07) is 0. The minimum absolute atomic E-state index is 0.0648. The van der Waals surface area contributed by atoms with Gasteiger partial charge in [-0.15, -0.1) is 0 Å². The van der Waals surface area contributed by atoms with Gasteiger partial charge in [0.05, 0.1) is 11.2 Å². The van der Waals surface area contributed by atoms with Crippen LogP contribution in [0.2, 0.25) is 6.82 Å². The van der Waals surface area contributed by atoms with Crippen molar-refractivity contribution in [2.45, 2.75) is 59.6 Å². The summed E-state index contributed by atoms with van der Waals surface area (Å²) in [5.74, 6) is 0. The average molecular weight is 198 g/mol. The van der Waals surface area contributed by atoms with Crippen molar-refractivity contribution in [3.8, 4) is 0 Å². The van der Waals surface area contributed by atoms with Crippen LogP contribution in [0.25, 0.3) is 0 Å². The first kappa shape index (κ1) is 13.7. The lowest BCUT2D eigenvalue weighted by molar-refractivity contribution is 0.00578. The van der Waals surface area contributed by atoms with E-state index in [1.54, 1.807) is 0 Å². The van der Waals surface area contributed by atoms with E-state index in [-0.39, 0.29) is 18.3 Å². The van der Waals surface area contributed by atoms with Crippen molar-refractivity contribution in [2.24, 2.45) is 0 Å². The van der Waals surface area contributed by atoms with Crippen LogP contribution in [0.3, 0.4) is 0 Å². The molecule has 0 aromatic heterocycles. The fourth-order valence-electron chi connectivity index (χ4n) is 1.14. The molecule has 1 saturated heterocycles. The molecule has 0 N–H and O–H groups in total. The Bertz CT molecular complexity index is 177. The predicted molar refractivity (Wildman–Crippen MR) is 62.4 cm³/mol. The molecule has 14 heavy (non-hydrogen) atoms. The Morgan fingerprint density at radius 2 is 1.14 bits per heavy atom. The quantitative estimate of drug-likeness (QED) is 0.439. The lowest BCUT2D eigenvalue weighted by Gasteiger charge is -2.32. The molecule has 0 aromatic carbocycles. The first-order chi connectivity index (χ1) is 6.27. The molecule has 1 heterocycles. The summed E-state index contributed by atoms with van der Waals surface area (Å²) in [7, 11) is -0.0648. The molecule has 0 aliphatic carbocycles. The third-order valence-corrected chi connectivity index (χ3v) is 2.70. The monoisotopic (exact) mass is 198 g/mol. The Balaban J connectivity index is 0.000000364. The first-order valence-corrected chi connectivity index (χ1v) is 5.20. The maximum absolute atomic E-state index is 5.54. The Morgan fingerprint density at radius 3 is 1.21 bits per heavy atom. The van der Waals surface area contributed by atoms with E-state index in [4.69, 9.17) is 9.31 Å². The van der Waals surface area contributed by atoms with Gasteiger partial charge in [0.2, 0.25) is 0 Å². The zero-order valence-electron chi connectivity index (χ0n) is 10.5. The van der Waals surface area contributed by atoms with E-state index in [1.807, 2.05) is 32.8 Å². The average Bonchev–Trinajstić information content (AvgIpc) is 2.19. The molecule has 1 rings (SSSR count). The van der Waals surface area contributed by atoms with Crippen LogP contribution < -0.4 is 0 Å². The molecule has 1 aliphatic rings. The Labute approximate surface area is 88.8 Å². The molecule has 0 bridgehead atoms. The van der Waals surface area contributed by atoms with Crippen molar-refractivity contribution in [3.63, 3.8) is 0 Å². The van der Waals surface area contributed by atoms with Crippen molar-refractivity contribution in [2.75, 3.05) is 0 Å². The van der Waals surface area contributed by atoms with Crippen molar-refractivity contribution >= 4 is 7.12 Å². The second kappa shape index (κ2) is 4.99. The van der Waals surface area contributed by atoms with Crippen LogP contribution in [0.4, 0.5) is 0 Å². The van der Waals surface area contributed by atoms with E-state index in [0.717, 1.165) is 0 Å². The summed E-state index contributed by atoms with van der Waals surface area (Å²) in [6.07, 6.45) is 4.00. The molecule has 1 aliphatic heterocycles. The topological polar surface area (TPSA) is 18.5 Å². The SMILES string of the molecule is C/C=C\C.CB1OC(C)(C)C(C)(C)O1. The maximum atomic E-state index is 5.54. The lowest BCUT2D eigenvalue weighted by atomic mass is 9.90. The van der Waals surface area contributed by atoms with Crippen molar-refractivity contribution in [1.82, 2.24) is 0 Å². The normalized spacial score (nSPS) is 23.5. The Hall–Kier alpha value is -0.275. The van der Waals surface area contributed by atoms with E-state index in [1.165, 1.54) is 0 Å². The van der Waals surface area contributed by atoms with Crippen LogP contribution in [0.15, 0.2) is 12.2 Å². The number of hydrogen-bond acceptors (Lipinski definition) is 2. The van der Waals surface area contributed by atoms with Gasteiger partial charge in [-0.2, -0.15) is 0 Å². The highest BCUT2D eigenvalue weighted by Gasteiger charge is 2.48. The highest BCUT2D eigenvalue weighted by atomic mass is 16.7.